The van der Waals surface area contributed by atoms with Gasteiger partial charge in [0.1, 0.15) is 0 Å². The van der Waals surface area contributed by atoms with Crippen LogP contribution in [0.25, 0.3) is 0 Å². The van der Waals surface area contributed by atoms with E-state index in [4.69, 9.17) is 5.11 Å². The molecule has 0 aliphatic heterocycles. The first-order valence-electron chi connectivity index (χ1n) is 6.89. The number of rotatable bonds is 6. The average molecular weight is 315 g/mol. The van der Waals surface area contributed by atoms with Gasteiger partial charge in [0.05, 0.1) is 11.8 Å². The molecule has 0 radical (unpaired) electrons. The van der Waals surface area contributed by atoms with Crippen molar-refractivity contribution >= 4 is 17.6 Å². The fourth-order valence-electron chi connectivity index (χ4n) is 2.25. The third-order valence-electron chi connectivity index (χ3n) is 3.70. The van der Waals surface area contributed by atoms with Crippen LogP contribution in [-0.4, -0.2) is 23.2 Å². The molecule has 2 N–H and O–H groups in total. The minimum absolute atomic E-state index is 0.356. The number of alkyl halides is 3. The predicted molar refractivity (Wildman–Crippen MR) is 73.4 cm³/mol. The van der Waals surface area contributed by atoms with Crippen molar-refractivity contribution in [2.45, 2.75) is 38.3 Å². The molecule has 22 heavy (non-hydrogen) atoms. The summed E-state index contributed by atoms with van der Waals surface area (Å²) in [4.78, 5) is 22.6. The number of carbonyl (C=O) groups is 2. The van der Waals surface area contributed by atoms with Gasteiger partial charge in [-0.15, -0.1) is 0 Å². The Labute approximate surface area is 125 Å². The highest BCUT2D eigenvalue weighted by Gasteiger charge is 2.49. The van der Waals surface area contributed by atoms with Crippen molar-refractivity contribution in [3.63, 3.8) is 0 Å². The van der Waals surface area contributed by atoms with Gasteiger partial charge in [0.25, 0.3) is 0 Å². The van der Waals surface area contributed by atoms with E-state index in [1.54, 1.807) is 24.3 Å². The van der Waals surface area contributed by atoms with E-state index in [9.17, 15) is 22.8 Å². The zero-order valence-corrected chi connectivity index (χ0v) is 11.7. The monoisotopic (exact) mass is 315 g/mol. The van der Waals surface area contributed by atoms with Crippen LogP contribution in [0.3, 0.4) is 0 Å². The molecule has 1 fully saturated rings. The van der Waals surface area contributed by atoms with Crippen LogP contribution in [-0.2, 0) is 16.0 Å². The van der Waals surface area contributed by atoms with E-state index >= 15 is 0 Å². The number of hydrogen-bond donors (Lipinski definition) is 2. The third-order valence-corrected chi connectivity index (χ3v) is 3.70. The van der Waals surface area contributed by atoms with Gasteiger partial charge in [-0.3, -0.25) is 9.59 Å². The van der Waals surface area contributed by atoms with E-state index in [-0.39, 0.29) is 0 Å². The fourth-order valence-corrected chi connectivity index (χ4v) is 2.25. The zero-order chi connectivity index (χ0) is 16.4. The van der Waals surface area contributed by atoms with Crippen molar-refractivity contribution in [1.82, 2.24) is 0 Å². The third kappa shape index (κ3) is 4.47. The first-order valence-corrected chi connectivity index (χ1v) is 6.89. The summed E-state index contributed by atoms with van der Waals surface area (Å²) >= 11 is 0. The van der Waals surface area contributed by atoms with Gasteiger partial charge in [0.15, 0.2) is 0 Å². The molecule has 0 saturated heterocycles. The van der Waals surface area contributed by atoms with Gasteiger partial charge in [0, 0.05) is 12.1 Å². The van der Waals surface area contributed by atoms with Crippen LogP contribution in [0.5, 0.6) is 0 Å². The van der Waals surface area contributed by atoms with Crippen molar-refractivity contribution in [2.75, 3.05) is 5.32 Å². The largest absolute Gasteiger partial charge is 0.481 e. The molecule has 0 heterocycles. The summed E-state index contributed by atoms with van der Waals surface area (Å²) in [6.45, 7) is 0. The fraction of sp³-hybridized carbons (Fsp3) is 0.467. The average Bonchev–Trinajstić information content (AvgIpc) is 3.17. The quantitative estimate of drug-likeness (QED) is 0.846. The van der Waals surface area contributed by atoms with Crippen molar-refractivity contribution < 1.29 is 27.9 Å². The summed E-state index contributed by atoms with van der Waals surface area (Å²) in [5.74, 6) is -1.55. The summed E-state index contributed by atoms with van der Waals surface area (Å²) in [7, 11) is 0. The Morgan fingerprint density at radius 2 is 1.95 bits per heavy atom. The molecule has 120 valence electrons. The van der Waals surface area contributed by atoms with E-state index in [0.29, 0.717) is 24.9 Å². The lowest BCUT2D eigenvalue weighted by molar-refractivity contribution is -0.143. The van der Waals surface area contributed by atoms with Gasteiger partial charge in [-0.05, 0) is 37.0 Å². The van der Waals surface area contributed by atoms with E-state index < -0.39 is 36.3 Å². The van der Waals surface area contributed by atoms with Crippen LogP contribution in [0.4, 0.5) is 18.9 Å². The van der Waals surface area contributed by atoms with Crippen LogP contribution < -0.4 is 5.32 Å². The van der Waals surface area contributed by atoms with E-state index in [0.717, 1.165) is 5.56 Å². The molecule has 1 aliphatic carbocycles. The highest BCUT2D eigenvalue weighted by molar-refractivity contribution is 5.90. The standard InChI is InChI=1S/C15H16F3NO3/c16-15(17,18)5-4-12(20)19-11-3-1-2-10(8-11)9-14(6-7-14)13(21)22/h1-3,8H,4-7,9H2,(H,19,20)(H,21,22). The number of halogens is 3. The van der Waals surface area contributed by atoms with Gasteiger partial charge in [-0.2, -0.15) is 13.2 Å². The van der Waals surface area contributed by atoms with E-state index in [1.807, 2.05) is 0 Å². The number of carboxylic acids is 1. The summed E-state index contributed by atoms with van der Waals surface area (Å²) in [5.41, 5.74) is 0.401. The Morgan fingerprint density at radius 1 is 1.27 bits per heavy atom. The lowest BCUT2D eigenvalue weighted by atomic mass is 9.96. The van der Waals surface area contributed by atoms with Crippen molar-refractivity contribution in [1.29, 1.82) is 0 Å². The van der Waals surface area contributed by atoms with Crippen LogP contribution in [0, 0.1) is 5.41 Å². The van der Waals surface area contributed by atoms with Crippen LogP contribution in [0.15, 0.2) is 24.3 Å². The summed E-state index contributed by atoms with van der Waals surface area (Å²) in [6, 6.07) is 6.56. The number of aliphatic carboxylic acids is 1. The maximum absolute atomic E-state index is 12.1. The topological polar surface area (TPSA) is 66.4 Å². The lowest BCUT2D eigenvalue weighted by Gasteiger charge is -2.12. The van der Waals surface area contributed by atoms with Gasteiger partial charge in [-0.1, -0.05) is 12.1 Å². The first-order chi connectivity index (χ1) is 10.2. The number of carbonyl (C=O) groups excluding carboxylic acids is 1. The predicted octanol–water partition coefficient (Wildman–Crippen LogP) is 3.37. The number of hydrogen-bond acceptors (Lipinski definition) is 2. The van der Waals surface area contributed by atoms with Gasteiger partial charge in [0.2, 0.25) is 5.91 Å². The molecule has 0 unspecified atom stereocenters. The molecule has 0 aromatic heterocycles. The second-order valence-corrected chi connectivity index (χ2v) is 5.63. The SMILES string of the molecule is O=C(CCC(F)(F)F)Nc1cccc(CC2(C(=O)O)CC2)c1. The second-order valence-electron chi connectivity index (χ2n) is 5.63. The molecule has 7 heteroatoms. The Hall–Kier alpha value is -2.05. The molecule has 0 bridgehead atoms. The second kappa shape index (κ2) is 5.98. The molecule has 2 rings (SSSR count). The maximum atomic E-state index is 12.1. The number of amides is 1. The van der Waals surface area contributed by atoms with Crippen LogP contribution >= 0.6 is 0 Å². The Bertz CT molecular complexity index is 580. The minimum atomic E-state index is -4.36. The number of benzene rings is 1. The summed E-state index contributed by atoms with van der Waals surface area (Å²) in [5, 5.41) is 11.6. The molecule has 1 aromatic rings. The normalized spacial score (nSPS) is 16.1. The molecule has 1 amide bonds. The van der Waals surface area contributed by atoms with E-state index in [1.165, 1.54) is 0 Å². The highest BCUT2D eigenvalue weighted by Crippen LogP contribution is 2.48. The number of anilines is 1. The lowest BCUT2D eigenvalue weighted by Crippen LogP contribution is -2.18. The number of carboxylic acid groups (broad SMARTS) is 1. The molecule has 0 atom stereocenters. The molecule has 1 saturated carbocycles. The zero-order valence-electron chi connectivity index (χ0n) is 11.7. The molecular weight excluding hydrogens is 299 g/mol. The van der Waals surface area contributed by atoms with Gasteiger partial charge >= 0.3 is 12.1 Å². The highest BCUT2D eigenvalue weighted by atomic mass is 19.4. The Balaban J connectivity index is 1.94. The number of nitrogens with one attached hydrogen (secondary N) is 1. The summed E-state index contributed by atoms with van der Waals surface area (Å²) < 4.78 is 36.2. The Morgan fingerprint density at radius 3 is 2.50 bits per heavy atom. The molecule has 1 aliphatic rings. The van der Waals surface area contributed by atoms with Crippen LogP contribution in [0.1, 0.15) is 31.2 Å². The van der Waals surface area contributed by atoms with E-state index in [2.05, 4.69) is 5.32 Å². The van der Waals surface area contributed by atoms with Crippen molar-refractivity contribution in [3.8, 4) is 0 Å². The molecular formula is C15H16F3NO3. The molecule has 4 nitrogen and oxygen atoms in total. The molecule has 1 aromatic carbocycles. The minimum Gasteiger partial charge on any atom is -0.481 e. The summed E-state index contributed by atoms with van der Waals surface area (Å²) in [6.07, 6.45) is -4.57. The van der Waals surface area contributed by atoms with Crippen LogP contribution in [0.2, 0.25) is 0 Å². The smallest absolute Gasteiger partial charge is 0.389 e. The van der Waals surface area contributed by atoms with Crippen molar-refractivity contribution in [2.24, 2.45) is 5.41 Å². The van der Waals surface area contributed by atoms with Crippen molar-refractivity contribution in [3.05, 3.63) is 29.8 Å². The van der Waals surface area contributed by atoms with Gasteiger partial charge < -0.3 is 10.4 Å². The Kier molecular flexibility index (Phi) is 4.44. The maximum Gasteiger partial charge on any atom is 0.389 e. The first kappa shape index (κ1) is 16.3. The molecule has 0 spiro atoms. The van der Waals surface area contributed by atoms with Gasteiger partial charge in [-0.25, -0.2) is 0 Å².